The Morgan fingerprint density at radius 1 is 1.04 bits per heavy atom. The molecule has 2 N–H and O–H groups in total. The Morgan fingerprint density at radius 2 is 1.78 bits per heavy atom. The van der Waals surface area contributed by atoms with Gasteiger partial charge in [0.15, 0.2) is 18.2 Å². The van der Waals surface area contributed by atoms with E-state index in [2.05, 4.69) is 10.9 Å². The third-order valence-corrected chi connectivity index (χ3v) is 3.43. The predicted octanol–water partition coefficient (Wildman–Crippen LogP) is 2.97. The number of hydrazine groups is 1. The molecular formula is C15H11Cl2FN2O3. The van der Waals surface area contributed by atoms with E-state index in [-0.39, 0.29) is 16.3 Å². The molecule has 0 bridgehead atoms. The van der Waals surface area contributed by atoms with E-state index in [1.165, 1.54) is 36.4 Å². The number of rotatable bonds is 4. The summed E-state index contributed by atoms with van der Waals surface area (Å²) < 4.78 is 18.3. The van der Waals surface area contributed by atoms with E-state index >= 15 is 0 Å². The average molecular weight is 357 g/mol. The number of halogens is 3. The highest BCUT2D eigenvalue weighted by atomic mass is 35.5. The summed E-state index contributed by atoms with van der Waals surface area (Å²) in [5.74, 6) is -1.87. The summed E-state index contributed by atoms with van der Waals surface area (Å²) in [6.45, 7) is -0.456. The number of ether oxygens (including phenoxy) is 1. The van der Waals surface area contributed by atoms with Gasteiger partial charge in [-0.15, -0.1) is 0 Å². The average Bonchev–Trinajstić information content (AvgIpc) is 2.54. The van der Waals surface area contributed by atoms with Gasteiger partial charge in [0, 0.05) is 5.56 Å². The van der Waals surface area contributed by atoms with Crippen LogP contribution in [0.25, 0.3) is 0 Å². The molecule has 120 valence electrons. The highest BCUT2D eigenvalue weighted by Gasteiger charge is 2.10. The molecular weight excluding hydrogens is 346 g/mol. The largest absolute Gasteiger partial charge is 0.481 e. The second-order valence-corrected chi connectivity index (χ2v) is 5.16. The summed E-state index contributed by atoms with van der Waals surface area (Å²) in [7, 11) is 0. The van der Waals surface area contributed by atoms with Crippen molar-refractivity contribution in [2.45, 2.75) is 0 Å². The fourth-order valence-corrected chi connectivity index (χ4v) is 1.88. The van der Waals surface area contributed by atoms with Crippen molar-refractivity contribution in [3.05, 3.63) is 63.9 Å². The molecule has 0 heterocycles. The van der Waals surface area contributed by atoms with Gasteiger partial charge in [-0.05, 0) is 30.3 Å². The lowest BCUT2D eigenvalue weighted by Crippen LogP contribution is -2.43. The zero-order valence-electron chi connectivity index (χ0n) is 11.6. The second kappa shape index (κ2) is 7.80. The summed E-state index contributed by atoms with van der Waals surface area (Å²) in [6, 6.07) is 9.94. The van der Waals surface area contributed by atoms with E-state index in [1.54, 1.807) is 6.07 Å². The first-order valence-corrected chi connectivity index (χ1v) is 7.14. The van der Waals surface area contributed by atoms with E-state index in [1.807, 2.05) is 0 Å². The summed E-state index contributed by atoms with van der Waals surface area (Å²) in [5, 5.41) is 0.527. The smallest absolute Gasteiger partial charge is 0.276 e. The summed E-state index contributed by atoms with van der Waals surface area (Å²) in [5.41, 5.74) is 4.54. The minimum Gasteiger partial charge on any atom is -0.481 e. The SMILES string of the molecule is O=C(COc1ccccc1F)NNC(=O)c1ccc(Cl)c(Cl)c1. The van der Waals surface area contributed by atoms with Gasteiger partial charge in [0.1, 0.15) is 0 Å². The van der Waals surface area contributed by atoms with E-state index in [0.29, 0.717) is 5.02 Å². The molecule has 0 aromatic heterocycles. The molecule has 23 heavy (non-hydrogen) atoms. The van der Waals surface area contributed by atoms with Crippen LogP contribution in [0.15, 0.2) is 42.5 Å². The number of benzene rings is 2. The van der Waals surface area contributed by atoms with Crippen molar-refractivity contribution in [1.82, 2.24) is 10.9 Å². The lowest BCUT2D eigenvalue weighted by Gasteiger charge is -2.09. The summed E-state index contributed by atoms with van der Waals surface area (Å²) in [4.78, 5) is 23.4. The molecule has 2 aromatic carbocycles. The Kier molecular flexibility index (Phi) is 5.78. The lowest BCUT2D eigenvalue weighted by molar-refractivity contribution is -0.123. The highest BCUT2D eigenvalue weighted by Crippen LogP contribution is 2.22. The molecule has 0 unspecified atom stereocenters. The normalized spacial score (nSPS) is 10.0. The quantitative estimate of drug-likeness (QED) is 0.827. The van der Waals surface area contributed by atoms with Crippen LogP contribution in [0.4, 0.5) is 4.39 Å². The van der Waals surface area contributed by atoms with Crippen LogP contribution in [0.5, 0.6) is 5.75 Å². The number of nitrogens with one attached hydrogen (secondary N) is 2. The van der Waals surface area contributed by atoms with Crippen molar-refractivity contribution in [2.24, 2.45) is 0 Å². The molecule has 0 spiro atoms. The molecule has 0 saturated heterocycles. The third-order valence-electron chi connectivity index (χ3n) is 2.69. The zero-order valence-corrected chi connectivity index (χ0v) is 13.1. The minimum atomic E-state index is -0.651. The molecule has 0 radical (unpaired) electrons. The second-order valence-electron chi connectivity index (χ2n) is 4.35. The Balaban J connectivity index is 1.83. The molecule has 2 aromatic rings. The van der Waals surface area contributed by atoms with Crippen molar-refractivity contribution < 1.29 is 18.7 Å². The molecule has 8 heteroatoms. The van der Waals surface area contributed by atoms with Gasteiger partial charge in [-0.25, -0.2) is 4.39 Å². The van der Waals surface area contributed by atoms with Crippen LogP contribution in [-0.4, -0.2) is 18.4 Å². The first-order chi connectivity index (χ1) is 11.0. The van der Waals surface area contributed by atoms with Crippen LogP contribution >= 0.6 is 23.2 Å². The molecule has 2 amide bonds. The van der Waals surface area contributed by atoms with Crippen LogP contribution in [0.2, 0.25) is 10.0 Å². The van der Waals surface area contributed by atoms with Crippen molar-refractivity contribution in [1.29, 1.82) is 0 Å². The molecule has 0 aliphatic heterocycles. The number of hydrogen-bond acceptors (Lipinski definition) is 3. The maximum atomic E-state index is 13.3. The number of hydrogen-bond donors (Lipinski definition) is 2. The van der Waals surface area contributed by atoms with E-state index in [0.717, 1.165) is 0 Å². The van der Waals surface area contributed by atoms with Crippen LogP contribution in [0, 0.1) is 5.82 Å². The zero-order chi connectivity index (χ0) is 16.8. The van der Waals surface area contributed by atoms with Crippen LogP contribution in [-0.2, 0) is 4.79 Å². The Hall–Kier alpha value is -2.31. The molecule has 2 rings (SSSR count). The van der Waals surface area contributed by atoms with E-state index in [9.17, 15) is 14.0 Å². The standard InChI is InChI=1S/C15H11Cl2FN2O3/c16-10-6-5-9(7-11(10)17)15(22)20-19-14(21)8-23-13-4-2-1-3-12(13)18/h1-7H,8H2,(H,19,21)(H,20,22). The van der Waals surface area contributed by atoms with Gasteiger partial charge >= 0.3 is 0 Å². The number of carbonyl (C=O) groups excluding carboxylic acids is 2. The third kappa shape index (κ3) is 4.84. The first-order valence-electron chi connectivity index (χ1n) is 6.39. The van der Waals surface area contributed by atoms with Gasteiger partial charge in [0.05, 0.1) is 10.0 Å². The Labute approximate surface area is 141 Å². The molecule has 0 fully saturated rings. The molecule has 0 aliphatic rings. The van der Waals surface area contributed by atoms with E-state index in [4.69, 9.17) is 27.9 Å². The lowest BCUT2D eigenvalue weighted by atomic mass is 10.2. The number of carbonyl (C=O) groups is 2. The van der Waals surface area contributed by atoms with Crippen LogP contribution < -0.4 is 15.6 Å². The van der Waals surface area contributed by atoms with Gasteiger partial charge in [-0.2, -0.15) is 0 Å². The van der Waals surface area contributed by atoms with Gasteiger partial charge in [-0.3, -0.25) is 20.4 Å². The first kappa shape index (κ1) is 17.1. The fourth-order valence-electron chi connectivity index (χ4n) is 1.58. The fraction of sp³-hybridized carbons (Fsp3) is 0.0667. The summed E-state index contributed by atoms with van der Waals surface area (Å²) >= 11 is 11.5. The van der Waals surface area contributed by atoms with Gasteiger partial charge < -0.3 is 4.74 Å². The summed E-state index contributed by atoms with van der Waals surface area (Å²) in [6.07, 6.45) is 0. The molecule has 0 saturated carbocycles. The topological polar surface area (TPSA) is 67.4 Å². The number of para-hydroxylation sites is 1. The van der Waals surface area contributed by atoms with Crippen molar-refractivity contribution in [3.8, 4) is 5.75 Å². The van der Waals surface area contributed by atoms with Crippen molar-refractivity contribution >= 4 is 35.0 Å². The van der Waals surface area contributed by atoms with E-state index < -0.39 is 24.2 Å². The van der Waals surface area contributed by atoms with Crippen molar-refractivity contribution in [2.75, 3.05) is 6.61 Å². The Morgan fingerprint density at radius 3 is 2.48 bits per heavy atom. The van der Waals surface area contributed by atoms with Gasteiger partial charge in [-0.1, -0.05) is 35.3 Å². The highest BCUT2D eigenvalue weighted by molar-refractivity contribution is 6.42. The molecule has 5 nitrogen and oxygen atoms in total. The maximum Gasteiger partial charge on any atom is 0.276 e. The maximum absolute atomic E-state index is 13.3. The van der Waals surface area contributed by atoms with Crippen LogP contribution in [0.1, 0.15) is 10.4 Å². The van der Waals surface area contributed by atoms with Crippen LogP contribution in [0.3, 0.4) is 0 Å². The monoisotopic (exact) mass is 356 g/mol. The molecule has 0 atom stereocenters. The van der Waals surface area contributed by atoms with Gasteiger partial charge in [0.2, 0.25) is 0 Å². The number of amides is 2. The van der Waals surface area contributed by atoms with Crippen molar-refractivity contribution in [3.63, 3.8) is 0 Å². The predicted molar refractivity (Wildman–Crippen MR) is 84.0 cm³/mol. The van der Waals surface area contributed by atoms with Gasteiger partial charge in [0.25, 0.3) is 11.8 Å². The molecule has 0 aliphatic carbocycles. The minimum absolute atomic E-state index is 0.0570. The Bertz CT molecular complexity index is 740.